The van der Waals surface area contributed by atoms with E-state index in [4.69, 9.17) is 0 Å². The third kappa shape index (κ3) is 6.18. The van der Waals surface area contributed by atoms with Crippen molar-refractivity contribution in [2.75, 3.05) is 0 Å². The average Bonchev–Trinajstić information content (AvgIpc) is 2.05. The monoisotopic (exact) mass is 336 g/mol. The van der Waals surface area contributed by atoms with E-state index in [0.717, 1.165) is 11.1 Å². The number of ether oxygens (including phenoxy) is 1. The van der Waals surface area contributed by atoms with Crippen LogP contribution >= 0.6 is 19.8 Å². The molecular formula is C10H16O2P2Pd. The molecule has 0 N–H and O–H groups in total. The normalized spacial score (nSPS) is 7.27. The summed E-state index contributed by atoms with van der Waals surface area (Å²) in [6, 6.07) is 7.20. The molecule has 88 valence electrons. The predicted octanol–water partition coefficient (Wildman–Crippen LogP) is 2.01. The molecule has 0 bridgehead atoms. The van der Waals surface area contributed by atoms with E-state index in [0.29, 0.717) is 5.75 Å². The van der Waals surface area contributed by atoms with Crippen LogP contribution in [0.15, 0.2) is 30.8 Å². The number of para-hydroxylation sites is 1. The predicted molar refractivity (Wildman–Crippen MR) is 71.1 cm³/mol. The van der Waals surface area contributed by atoms with E-state index >= 15 is 0 Å². The Kier molecular flexibility index (Phi) is 14.2. The molecule has 0 spiro atoms. The molecule has 1 aromatic carbocycles. The zero-order valence-corrected chi connectivity index (χ0v) is 13.0. The van der Waals surface area contributed by atoms with Gasteiger partial charge in [-0.15, -0.1) is 6.07 Å². The van der Waals surface area contributed by atoms with Crippen molar-refractivity contribution >= 4 is 31.8 Å². The number of carbonyl (C=O) groups excluding carboxylic acids is 1. The Morgan fingerprint density at radius 3 is 2.33 bits per heavy atom. The van der Waals surface area contributed by atoms with Gasteiger partial charge < -0.3 is 9.53 Å². The maximum atomic E-state index is 9.97. The molecule has 0 heterocycles. The molecule has 0 saturated carbocycles. The fourth-order valence-electron chi connectivity index (χ4n) is 0.953. The fourth-order valence-corrected chi connectivity index (χ4v) is 0.953. The van der Waals surface area contributed by atoms with E-state index in [-0.39, 0.29) is 40.2 Å². The quantitative estimate of drug-likeness (QED) is 0.479. The summed E-state index contributed by atoms with van der Waals surface area (Å²) in [6.07, 6.45) is 0. The number of benzene rings is 1. The van der Waals surface area contributed by atoms with Gasteiger partial charge in [0.05, 0.1) is 0 Å². The number of hydrogen-bond donors (Lipinski definition) is 0. The summed E-state index contributed by atoms with van der Waals surface area (Å²) in [6.45, 7) is 7.00. The first kappa shape index (κ1) is 20.4. The number of hydrogen-bond acceptors (Lipinski definition) is 2. The topological polar surface area (TPSA) is 26.3 Å². The molecule has 2 nitrogen and oxygen atoms in total. The summed E-state index contributed by atoms with van der Waals surface area (Å²) in [7, 11) is 0. The van der Waals surface area contributed by atoms with Crippen molar-refractivity contribution in [2.24, 2.45) is 0 Å². The van der Waals surface area contributed by atoms with E-state index in [1.165, 1.54) is 6.47 Å². The third-order valence-electron chi connectivity index (χ3n) is 1.50. The molecule has 5 heteroatoms. The zero-order chi connectivity index (χ0) is 8.97. The van der Waals surface area contributed by atoms with Gasteiger partial charge in [-0.2, -0.15) is 19.8 Å². The van der Waals surface area contributed by atoms with Crippen molar-refractivity contribution in [2.45, 2.75) is 6.92 Å². The molecule has 0 aromatic heterocycles. The van der Waals surface area contributed by atoms with Crippen LogP contribution in [0, 0.1) is 0 Å². The first-order chi connectivity index (χ1) is 5.75. The zero-order valence-electron chi connectivity index (χ0n) is 8.58. The second-order valence-electron chi connectivity index (χ2n) is 2.46. The molecule has 1 radical (unpaired) electrons. The summed E-state index contributed by atoms with van der Waals surface area (Å²) in [4.78, 5) is 9.97. The van der Waals surface area contributed by atoms with Crippen LogP contribution in [-0.4, -0.2) is 6.47 Å². The first-order valence-electron chi connectivity index (χ1n) is 3.54. The Bertz CT molecular complexity index is 316. The Morgan fingerprint density at radius 2 is 1.87 bits per heavy atom. The van der Waals surface area contributed by atoms with Gasteiger partial charge in [0, 0.05) is 0 Å². The van der Waals surface area contributed by atoms with Gasteiger partial charge in [0.2, 0.25) is 0 Å². The van der Waals surface area contributed by atoms with Gasteiger partial charge in [-0.05, 0) is 12.7 Å². The van der Waals surface area contributed by atoms with E-state index in [1.807, 2.05) is 19.1 Å². The van der Waals surface area contributed by atoms with E-state index in [9.17, 15) is 4.79 Å². The molecule has 0 saturated heterocycles. The molecule has 0 aliphatic heterocycles. The molecule has 0 aliphatic carbocycles. The van der Waals surface area contributed by atoms with Gasteiger partial charge in [0.25, 0.3) is 0 Å². The molecule has 15 heavy (non-hydrogen) atoms. The fraction of sp³-hybridized carbons (Fsp3) is 0.100. The van der Waals surface area contributed by atoms with Crippen LogP contribution in [0.5, 0.6) is 5.75 Å². The van der Waals surface area contributed by atoms with E-state index in [1.54, 1.807) is 12.1 Å². The molecule has 2 unspecified atom stereocenters. The van der Waals surface area contributed by atoms with Gasteiger partial charge in [-0.1, -0.05) is 35.9 Å². The van der Waals surface area contributed by atoms with Crippen molar-refractivity contribution in [3.63, 3.8) is 0 Å². The van der Waals surface area contributed by atoms with Crippen LogP contribution in [0.2, 0.25) is 0 Å². The van der Waals surface area contributed by atoms with Crippen LogP contribution in [0.3, 0.4) is 0 Å². The van der Waals surface area contributed by atoms with Crippen molar-refractivity contribution in [3.8, 4) is 5.75 Å². The van der Waals surface area contributed by atoms with Gasteiger partial charge in [0.15, 0.2) is 6.47 Å². The summed E-state index contributed by atoms with van der Waals surface area (Å²) >= 11 is 0. The molecule has 0 fully saturated rings. The SMILES string of the molecule is C=C(C)c1ccccc1O[C-]=O.P.P.[PdH+]. The van der Waals surface area contributed by atoms with Gasteiger partial charge >= 0.3 is 20.4 Å². The van der Waals surface area contributed by atoms with Gasteiger partial charge in [-0.3, -0.25) is 0 Å². The van der Waals surface area contributed by atoms with Crippen molar-refractivity contribution in [1.29, 1.82) is 0 Å². The molecular weight excluding hydrogens is 320 g/mol. The molecule has 1 aromatic rings. The summed E-state index contributed by atoms with van der Waals surface area (Å²) in [5.74, 6) is 0.500. The van der Waals surface area contributed by atoms with Gasteiger partial charge in [-0.25, -0.2) is 0 Å². The van der Waals surface area contributed by atoms with Crippen molar-refractivity contribution in [3.05, 3.63) is 36.4 Å². The Labute approximate surface area is 111 Å². The number of rotatable bonds is 3. The van der Waals surface area contributed by atoms with Crippen molar-refractivity contribution in [1.82, 2.24) is 0 Å². The Balaban J connectivity index is -0.000000480. The second-order valence-corrected chi connectivity index (χ2v) is 2.46. The van der Waals surface area contributed by atoms with Crippen LogP contribution in [0.4, 0.5) is 0 Å². The standard InChI is InChI=1S/C10H9O2.2H3P.Pd.H/c1-8(2)9-5-3-4-6-10(9)12-7-11;;;;/h3-6H,1H2,2H3;2*1H3;;/q-1;;;+1;. The van der Waals surface area contributed by atoms with E-state index in [2.05, 4.69) is 11.3 Å². The molecule has 0 aliphatic rings. The van der Waals surface area contributed by atoms with Gasteiger partial charge in [0.1, 0.15) is 0 Å². The first-order valence-corrected chi connectivity index (χ1v) is 3.54. The van der Waals surface area contributed by atoms with Crippen LogP contribution < -0.4 is 4.74 Å². The minimum atomic E-state index is 0. The van der Waals surface area contributed by atoms with Crippen LogP contribution in [0.1, 0.15) is 12.5 Å². The van der Waals surface area contributed by atoms with Crippen LogP contribution in [-0.2, 0) is 25.2 Å². The van der Waals surface area contributed by atoms with E-state index < -0.39 is 0 Å². The average molecular weight is 337 g/mol. The second kappa shape index (κ2) is 10.5. The molecule has 1 rings (SSSR count). The Morgan fingerprint density at radius 1 is 1.33 bits per heavy atom. The molecule has 0 amide bonds. The summed E-state index contributed by atoms with van der Waals surface area (Å²) in [5, 5.41) is 0. The third-order valence-corrected chi connectivity index (χ3v) is 1.50. The van der Waals surface area contributed by atoms with Crippen molar-refractivity contribution < 1.29 is 30.0 Å². The maximum absolute atomic E-state index is 9.97. The summed E-state index contributed by atoms with van der Waals surface area (Å²) in [5.41, 5.74) is 1.70. The minimum absolute atomic E-state index is 0. The number of allylic oxidation sites excluding steroid dienone is 1. The summed E-state index contributed by atoms with van der Waals surface area (Å²) < 4.78 is 4.63. The van der Waals surface area contributed by atoms with Crippen LogP contribution in [0.25, 0.3) is 5.57 Å². The Hall–Kier alpha value is -0.0477. The molecule has 2 atom stereocenters.